The van der Waals surface area contributed by atoms with E-state index in [0.29, 0.717) is 28.6 Å². The zero-order valence-electron chi connectivity index (χ0n) is 16.9. The van der Waals surface area contributed by atoms with Crippen LogP contribution in [0, 0.1) is 0 Å². The number of H-pyrrole nitrogens is 1. The Balaban J connectivity index is 1.57. The number of ether oxygens (including phenoxy) is 4. The molecule has 0 spiro atoms. The van der Waals surface area contributed by atoms with Gasteiger partial charge in [-0.1, -0.05) is 18.2 Å². The molecule has 0 aliphatic rings. The lowest BCUT2D eigenvalue weighted by Gasteiger charge is -2.12. The van der Waals surface area contributed by atoms with E-state index in [-0.39, 0.29) is 0 Å². The van der Waals surface area contributed by atoms with E-state index in [1.807, 2.05) is 36.4 Å². The van der Waals surface area contributed by atoms with Gasteiger partial charge >= 0.3 is 5.97 Å². The molecule has 0 amide bonds. The van der Waals surface area contributed by atoms with Crippen LogP contribution in [0.1, 0.15) is 5.56 Å². The van der Waals surface area contributed by atoms with Gasteiger partial charge in [0.15, 0.2) is 11.5 Å². The second-order valence-corrected chi connectivity index (χ2v) is 6.58. The van der Waals surface area contributed by atoms with Gasteiger partial charge in [0, 0.05) is 39.5 Å². The van der Waals surface area contributed by atoms with Gasteiger partial charge in [-0.15, -0.1) is 0 Å². The lowest BCUT2D eigenvalue weighted by molar-refractivity contribution is -0.128. The summed E-state index contributed by atoms with van der Waals surface area (Å²) in [6, 6.07) is 17.0. The van der Waals surface area contributed by atoms with E-state index >= 15 is 0 Å². The maximum absolute atomic E-state index is 12.4. The number of aromatic nitrogens is 1. The highest BCUT2D eigenvalue weighted by Crippen LogP contribution is 2.35. The molecule has 6 heteroatoms. The minimum absolute atomic E-state index is 0.473. The van der Waals surface area contributed by atoms with E-state index in [9.17, 15) is 4.79 Å². The van der Waals surface area contributed by atoms with Gasteiger partial charge in [-0.25, -0.2) is 4.79 Å². The van der Waals surface area contributed by atoms with Crippen LogP contribution in [0.3, 0.4) is 0 Å². The van der Waals surface area contributed by atoms with E-state index in [2.05, 4.69) is 4.98 Å². The first-order valence-electron chi connectivity index (χ1n) is 9.33. The predicted molar refractivity (Wildman–Crippen MR) is 117 cm³/mol. The molecular formula is C24H21NO5. The first-order valence-corrected chi connectivity index (χ1v) is 9.33. The molecule has 0 unspecified atom stereocenters. The van der Waals surface area contributed by atoms with Crippen molar-refractivity contribution in [1.29, 1.82) is 0 Å². The Labute approximate surface area is 173 Å². The van der Waals surface area contributed by atoms with Gasteiger partial charge in [0.1, 0.15) is 11.5 Å². The summed E-state index contributed by atoms with van der Waals surface area (Å²) in [5.74, 6) is 1.61. The third-order valence-corrected chi connectivity index (χ3v) is 4.83. The van der Waals surface area contributed by atoms with Crippen molar-refractivity contribution < 1.29 is 23.7 Å². The minimum atomic E-state index is -0.494. The summed E-state index contributed by atoms with van der Waals surface area (Å²) < 4.78 is 21.5. The van der Waals surface area contributed by atoms with Crippen LogP contribution in [0.4, 0.5) is 0 Å². The zero-order valence-corrected chi connectivity index (χ0v) is 16.9. The van der Waals surface area contributed by atoms with Crippen LogP contribution in [0.5, 0.6) is 23.0 Å². The number of aromatic amines is 1. The summed E-state index contributed by atoms with van der Waals surface area (Å²) in [5.41, 5.74) is 2.69. The molecule has 1 aromatic heterocycles. The first kappa shape index (κ1) is 19.4. The van der Waals surface area contributed by atoms with E-state index in [0.717, 1.165) is 21.8 Å². The number of carbonyl (C=O) groups excluding carboxylic acids is 1. The molecule has 4 rings (SSSR count). The number of benzene rings is 3. The smallest absolute Gasteiger partial charge is 0.336 e. The molecule has 0 saturated heterocycles. The fourth-order valence-corrected chi connectivity index (χ4v) is 3.38. The fraction of sp³-hybridized carbons (Fsp3) is 0.125. The van der Waals surface area contributed by atoms with E-state index < -0.39 is 5.97 Å². The Kier molecular flexibility index (Phi) is 5.30. The number of carbonyl (C=O) groups is 1. The Morgan fingerprint density at radius 2 is 1.50 bits per heavy atom. The Morgan fingerprint density at radius 3 is 2.27 bits per heavy atom. The van der Waals surface area contributed by atoms with Crippen LogP contribution in [0.25, 0.3) is 27.9 Å². The topological polar surface area (TPSA) is 69.8 Å². The highest BCUT2D eigenvalue weighted by molar-refractivity contribution is 6.07. The summed E-state index contributed by atoms with van der Waals surface area (Å²) in [5, 5.41) is 2.08. The van der Waals surface area contributed by atoms with E-state index in [1.54, 1.807) is 45.6 Å². The average Bonchev–Trinajstić information content (AvgIpc) is 3.15. The molecular weight excluding hydrogens is 382 g/mol. The molecule has 0 aliphatic heterocycles. The third kappa shape index (κ3) is 3.67. The molecule has 0 saturated carbocycles. The largest absolute Gasteiger partial charge is 0.496 e. The van der Waals surface area contributed by atoms with Crippen LogP contribution >= 0.6 is 0 Å². The number of para-hydroxylation sites is 1. The molecule has 1 N–H and O–H groups in total. The molecule has 3 aromatic carbocycles. The first-order chi connectivity index (χ1) is 14.6. The van der Waals surface area contributed by atoms with Crippen molar-refractivity contribution in [3.8, 4) is 23.0 Å². The quantitative estimate of drug-likeness (QED) is 0.280. The molecule has 152 valence electrons. The van der Waals surface area contributed by atoms with Crippen LogP contribution in [-0.2, 0) is 4.79 Å². The Hall–Kier alpha value is -3.93. The summed E-state index contributed by atoms with van der Waals surface area (Å²) in [6.07, 6.45) is 2.97. The summed E-state index contributed by atoms with van der Waals surface area (Å²) >= 11 is 0. The zero-order chi connectivity index (χ0) is 21.1. The van der Waals surface area contributed by atoms with Gasteiger partial charge in [-0.3, -0.25) is 0 Å². The molecule has 0 bridgehead atoms. The van der Waals surface area contributed by atoms with Crippen molar-refractivity contribution in [2.45, 2.75) is 0 Å². The van der Waals surface area contributed by atoms with Crippen LogP contribution < -0.4 is 18.9 Å². The average molecular weight is 403 g/mol. The fourth-order valence-electron chi connectivity index (χ4n) is 3.38. The van der Waals surface area contributed by atoms with Crippen molar-refractivity contribution in [3.63, 3.8) is 0 Å². The molecule has 0 radical (unpaired) electrons. The molecule has 0 atom stereocenters. The van der Waals surface area contributed by atoms with Gasteiger partial charge in [0.05, 0.1) is 21.3 Å². The Bertz CT molecular complexity index is 1260. The third-order valence-electron chi connectivity index (χ3n) is 4.83. The number of fused-ring (bicyclic) bond motifs is 3. The number of methoxy groups -OCH3 is 3. The SMILES string of the molecule is COc1cc(OC)c(OC)cc1/C=C/C(=O)Oc1ccc2[nH]c3ccccc3c2c1. The van der Waals surface area contributed by atoms with Gasteiger partial charge < -0.3 is 23.9 Å². The molecule has 0 aliphatic carbocycles. The van der Waals surface area contributed by atoms with Crippen LogP contribution in [0.2, 0.25) is 0 Å². The molecule has 30 heavy (non-hydrogen) atoms. The predicted octanol–water partition coefficient (Wildman–Crippen LogP) is 4.97. The number of hydrogen-bond acceptors (Lipinski definition) is 5. The van der Waals surface area contributed by atoms with Crippen molar-refractivity contribution in [3.05, 3.63) is 66.2 Å². The number of esters is 1. The molecule has 1 heterocycles. The van der Waals surface area contributed by atoms with Gasteiger partial charge in [-0.2, -0.15) is 0 Å². The Morgan fingerprint density at radius 1 is 0.800 bits per heavy atom. The lowest BCUT2D eigenvalue weighted by Crippen LogP contribution is -2.03. The standard InChI is InChI=1S/C24H21NO5/c1-27-21-14-23(29-3)22(28-2)12-15(21)8-11-24(26)30-16-9-10-20-18(13-16)17-6-4-5-7-19(17)25-20/h4-14,25H,1-3H3/b11-8+. The number of hydrogen-bond donors (Lipinski definition) is 1. The monoisotopic (exact) mass is 403 g/mol. The molecule has 0 fully saturated rings. The lowest BCUT2D eigenvalue weighted by atomic mass is 10.1. The van der Waals surface area contributed by atoms with Crippen LogP contribution in [0.15, 0.2) is 60.7 Å². The van der Waals surface area contributed by atoms with Crippen molar-refractivity contribution >= 4 is 33.9 Å². The second-order valence-electron chi connectivity index (χ2n) is 6.58. The number of nitrogens with one attached hydrogen (secondary N) is 1. The molecule has 6 nitrogen and oxygen atoms in total. The maximum Gasteiger partial charge on any atom is 0.336 e. The van der Waals surface area contributed by atoms with E-state index in [1.165, 1.54) is 6.08 Å². The highest BCUT2D eigenvalue weighted by atomic mass is 16.5. The van der Waals surface area contributed by atoms with Gasteiger partial charge in [0.2, 0.25) is 0 Å². The normalized spacial score (nSPS) is 11.2. The van der Waals surface area contributed by atoms with Crippen molar-refractivity contribution in [2.24, 2.45) is 0 Å². The summed E-state index contributed by atoms with van der Waals surface area (Å²) in [6.45, 7) is 0. The highest BCUT2D eigenvalue weighted by Gasteiger charge is 2.11. The summed E-state index contributed by atoms with van der Waals surface area (Å²) in [4.78, 5) is 15.7. The second kappa shape index (κ2) is 8.21. The van der Waals surface area contributed by atoms with Crippen molar-refractivity contribution in [1.82, 2.24) is 4.98 Å². The van der Waals surface area contributed by atoms with Gasteiger partial charge in [-0.05, 0) is 36.4 Å². The number of rotatable bonds is 6. The van der Waals surface area contributed by atoms with Crippen molar-refractivity contribution in [2.75, 3.05) is 21.3 Å². The minimum Gasteiger partial charge on any atom is -0.496 e. The molecule has 4 aromatic rings. The van der Waals surface area contributed by atoms with Gasteiger partial charge in [0.25, 0.3) is 0 Å². The van der Waals surface area contributed by atoms with Crippen LogP contribution in [-0.4, -0.2) is 32.3 Å². The van der Waals surface area contributed by atoms with E-state index in [4.69, 9.17) is 18.9 Å². The summed E-state index contributed by atoms with van der Waals surface area (Å²) in [7, 11) is 4.65. The maximum atomic E-state index is 12.4.